The molecule has 8 nitrogen and oxygen atoms in total. The summed E-state index contributed by atoms with van der Waals surface area (Å²) in [5, 5.41) is 0.0307. The van der Waals surface area contributed by atoms with Crippen molar-refractivity contribution in [3.05, 3.63) is 29.7 Å². The number of carbonyl (C=O) groups excluding carboxylic acids is 2. The number of ether oxygens (including phenoxy) is 2. The summed E-state index contributed by atoms with van der Waals surface area (Å²) >= 11 is 5.84. The van der Waals surface area contributed by atoms with Crippen molar-refractivity contribution in [3.8, 4) is 0 Å². The van der Waals surface area contributed by atoms with E-state index in [2.05, 4.69) is 9.97 Å². The molecule has 1 aromatic rings. The number of rotatable bonds is 1. The SMILES string of the molecule is CC1(N)CCN(c2ccnc(Cl)n2)C2(C1)OC(=O)C=CC(=O)O2. The predicted molar refractivity (Wildman–Crippen MR) is 80.3 cm³/mol. The highest BCUT2D eigenvalue weighted by Gasteiger charge is 2.53. The van der Waals surface area contributed by atoms with Gasteiger partial charge in [0, 0.05) is 30.4 Å². The van der Waals surface area contributed by atoms with Crippen molar-refractivity contribution in [2.45, 2.75) is 31.2 Å². The molecule has 1 unspecified atom stereocenters. The summed E-state index contributed by atoms with van der Waals surface area (Å²) in [4.78, 5) is 33.3. The Morgan fingerprint density at radius 2 is 1.96 bits per heavy atom. The van der Waals surface area contributed by atoms with Gasteiger partial charge < -0.3 is 15.2 Å². The summed E-state index contributed by atoms with van der Waals surface area (Å²) in [5.41, 5.74) is 5.52. The van der Waals surface area contributed by atoms with Gasteiger partial charge in [0.2, 0.25) is 5.28 Å². The second-order valence-corrected chi connectivity index (χ2v) is 6.14. The third kappa shape index (κ3) is 3.13. The van der Waals surface area contributed by atoms with Crippen molar-refractivity contribution in [3.63, 3.8) is 0 Å². The molecule has 0 radical (unpaired) electrons. The maximum Gasteiger partial charge on any atom is 0.346 e. The lowest BCUT2D eigenvalue weighted by molar-refractivity contribution is -0.232. The Hall–Kier alpha value is -2.19. The number of piperidine rings is 1. The molecule has 0 amide bonds. The summed E-state index contributed by atoms with van der Waals surface area (Å²) in [6.45, 7) is 2.17. The summed E-state index contributed by atoms with van der Waals surface area (Å²) in [7, 11) is 0. The molecule has 0 aliphatic carbocycles. The van der Waals surface area contributed by atoms with E-state index < -0.39 is 23.4 Å². The van der Waals surface area contributed by atoms with Crippen molar-refractivity contribution in [1.82, 2.24) is 9.97 Å². The molecule has 1 fully saturated rings. The van der Waals surface area contributed by atoms with Crippen LogP contribution in [0.3, 0.4) is 0 Å². The molecule has 1 aromatic heterocycles. The normalized spacial score (nSPS) is 26.7. The second-order valence-electron chi connectivity index (χ2n) is 5.80. The van der Waals surface area contributed by atoms with Crippen LogP contribution in [0.5, 0.6) is 0 Å². The topological polar surface area (TPSA) is 108 Å². The van der Waals surface area contributed by atoms with Gasteiger partial charge in [0.1, 0.15) is 5.82 Å². The van der Waals surface area contributed by atoms with Gasteiger partial charge in [0.05, 0.1) is 6.42 Å². The zero-order valence-electron chi connectivity index (χ0n) is 12.4. The van der Waals surface area contributed by atoms with Crippen LogP contribution in [0.4, 0.5) is 5.82 Å². The highest BCUT2D eigenvalue weighted by atomic mass is 35.5. The van der Waals surface area contributed by atoms with Gasteiger partial charge in [0.25, 0.3) is 0 Å². The Morgan fingerprint density at radius 3 is 2.57 bits per heavy atom. The zero-order valence-corrected chi connectivity index (χ0v) is 13.1. The van der Waals surface area contributed by atoms with Gasteiger partial charge in [-0.1, -0.05) is 0 Å². The number of aromatic nitrogens is 2. The van der Waals surface area contributed by atoms with Crippen molar-refractivity contribution < 1.29 is 19.1 Å². The van der Waals surface area contributed by atoms with Gasteiger partial charge in [0.15, 0.2) is 0 Å². The molecule has 1 atom stereocenters. The Bertz CT molecular complexity index is 671. The van der Waals surface area contributed by atoms with E-state index in [1.54, 1.807) is 17.9 Å². The van der Waals surface area contributed by atoms with Gasteiger partial charge >= 0.3 is 17.8 Å². The first-order valence-corrected chi connectivity index (χ1v) is 7.37. The van der Waals surface area contributed by atoms with Crippen LogP contribution in [0.25, 0.3) is 0 Å². The first kappa shape index (κ1) is 15.7. The van der Waals surface area contributed by atoms with Crippen LogP contribution in [-0.2, 0) is 19.1 Å². The number of nitrogens with two attached hydrogens (primary N) is 1. The van der Waals surface area contributed by atoms with E-state index in [0.717, 1.165) is 12.2 Å². The standard InChI is InChI=1S/C14H15ClN4O4/c1-13(16)5-7-19(9-4-6-17-12(15)18-9)14(8-13)22-10(20)2-3-11(21)23-14/h2-4,6H,5,7-8,16H2,1H3. The summed E-state index contributed by atoms with van der Waals surface area (Å²) < 4.78 is 10.9. The van der Waals surface area contributed by atoms with Gasteiger partial charge in [-0.3, -0.25) is 4.90 Å². The Kier molecular flexibility index (Phi) is 3.73. The monoisotopic (exact) mass is 338 g/mol. The number of anilines is 1. The number of hydrogen-bond acceptors (Lipinski definition) is 8. The Labute approximate surface area is 137 Å². The average molecular weight is 339 g/mol. The predicted octanol–water partition coefficient (Wildman–Crippen LogP) is 0.758. The van der Waals surface area contributed by atoms with E-state index in [1.165, 1.54) is 6.20 Å². The van der Waals surface area contributed by atoms with Crippen molar-refractivity contribution in [2.75, 3.05) is 11.4 Å². The van der Waals surface area contributed by atoms with Crippen molar-refractivity contribution >= 4 is 29.4 Å². The van der Waals surface area contributed by atoms with Gasteiger partial charge in [-0.25, -0.2) is 19.6 Å². The van der Waals surface area contributed by atoms with Crippen LogP contribution >= 0.6 is 11.6 Å². The fourth-order valence-corrected chi connectivity index (χ4v) is 2.86. The van der Waals surface area contributed by atoms with E-state index >= 15 is 0 Å². The number of carbonyl (C=O) groups is 2. The molecule has 9 heteroatoms. The van der Waals surface area contributed by atoms with Gasteiger partial charge in [-0.2, -0.15) is 0 Å². The lowest BCUT2D eigenvalue weighted by Crippen LogP contribution is -2.65. The van der Waals surface area contributed by atoms with E-state index in [-0.39, 0.29) is 11.7 Å². The second kappa shape index (κ2) is 5.47. The summed E-state index contributed by atoms with van der Waals surface area (Å²) in [6.07, 6.45) is 4.18. The molecule has 3 rings (SSSR count). The number of hydrogen-bond donors (Lipinski definition) is 1. The van der Waals surface area contributed by atoms with E-state index in [0.29, 0.717) is 18.8 Å². The summed E-state index contributed by atoms with van der Waals surface area (Å²) in [6, 6.07) is 1.59. The molecule has 0 saturated carbocycles. The van der Waals surface area contributed by atoms with Crippen LogP contribution in [0.1, 0.15) is 19.8 Å². The third-order valence-electron chi connectivity index (χ3n) is 3.71. The van der Waals surface area contributed by atoms with Crippen LogP contribution in [0.2, 0.25) is 5.28 Å². The largest absolute Gasteiger partial charge is 0.400 e. The average Bonchev–Trinajstić information content (AvgIpc) is 2.56. The minimum absolute atomic E-state index is 0.0307. The molecule has 1 spiro atoms. The van der Waals surface area contributed by atoms with Crippen LogP contribution < -0.4 is 10.6 Å². The van der Waals surface area contributed by atoms with E-state index in [4.69, 9.17) is 26.8 Å². The highest BCUT2D eigenvalue weighted by molar-refractivity contribution is 6.28. The number of nitrogens with zero attached hydrogens (tertiary/aromatic N) is 3. The minimum Gasteiger partial charge on any atom is -0.400 e. The zero-order chi connectivity index (χ0) is 16.7. The van der Waals surface area contributed by atoms with E-state index in [1.807, 2.05) is 0 Å². The fraction of sp³-hybridized carbons (Fsp3) is 0.429. The minimum atomic E-state index is -1.67. The maximum absolute atomic E-state index is 11.9. The number of esters is 2. The molecule has 0 aromatic carbocycles. The first-order valence-electron chi connectivity index (χ1n) is 6.99. The quantitative estimate of drug-likeness (QED) is 0.590. The lowest BCUT2D eigenvalue weighted by Gasteiger charge is -2.49. The van der Waals surface area contributed by atoms with Crippen LogP contribution in [-0.4, -0.2) is 39.9 Å². The maximum atomic E-state index is 11.9. The molecular weight excluding hydrogens is 324 g/mol. The third-order valence-corrected chi connectivity index (χ3v) is 3.89. The van der Waals surface area contributed by atoms with E-state index in [9.17, 15) is 9.59 Å². The van der Waals surface area contributed by atoms with Gasteiger partial charge in [-0.05, 0) is 31.0 Å². The Morgan fingerprint density at radius 1 is 1.30 bits per heavy atom. The molecule has 1 saturated heterocycles. The molecule has 2 aliphatic rings. The molecule has 3 heterocycles. The molecule has 122 valence electrons. The van der Waals surface area contributed by atoms with Crippen molar-refractivity contribution in [1.29, 1.82) is 0 Å². The highest BCUT2D eigenvalue weighted by Crippen LogP contribution is 2.39. The molecular formula is C14H15ClN4O4. The Balaban J connectivity index is 2.06. The molecule has 0 bridgehead atoms. The molecule has 2 N–H and O–H groups in total. The fourth-order valence-electron chi connectivity index (χ4n) is 2.72. The van der Waals surface area contributed by atoms with Crippen LogP contribution in [0, 0.1) is 0 Å². The van der Waals surface area contributed by atoms with Crippen molar-refractivity contribution in [2.24, 2.45) is 5.73 Å². The smallest absolute Gasteiger partial charge is 0.346 e. The first-order chi connectivity index (χ1) is 10.8. The lowest BCUT2D eigenvalue weighted by atomic mass is 9.88. The molecule has 23 heavy (non-hydrogen) atoms. The number of halogens is 1. The summed E-state index contributed by atoms with van der Waals surface area (Å²) in [5.74, 6) is -2.68. The van der Waals surface area contributed by atoms with Gasteiger partial charge in [-0.15, -0.1) is 0 Å². The van der Waals surface area contributed by atoms with Crippen LogP contribution in [0.15, 0.2) is 24.4 Å². The molecule has 2 aliphatic heterocycles.